The van der Waals surface area contributed by atoms with E-state index in [1.165, 1.54) is 25.7 Å². The topological polar surface area (TPSA) is 90.5 Å². The molecule has 2 unspecified atom stereocenters. The molecular formula is C22H46N4O2Ru. The van der Waals surface area contributed by atoms with Crippen molar-refractivity contribution < 1.29 is 29.1 Å². The summed E-state index contributed by atoms with van der Waals surface area (Å²) in [4.78, 5) is 15.5. The van der Waals surface area contributed by atoms with E-state index in [0.29, 0.717) is 0 Å². The van der Waals surface area contributed by atoms with Gasteiger partial charge >= 0.3 is 19.5 Å². The number of rotatable bonds is 10. The van der Waals surface area contributed by atoms with E-state index in [9.17, 15) is 0 Å². The molecule has 0 aromatic heterocycles. The van der Waals surface area contributed by atoms with Gasteiger partial charge in [-0.15, -0.1) is 11.1 Å². The molecule has 0 spiro atoms. The van der Waals surface area contributed by atoms with Crippen LogP contribution in [0, 0.1) is 0 Å². The van der Waals surface area contributed by atoms with Crippen molar-refractivity contribution in [2.75, 3.05) is 14.1 Å². The van der Waals surface area contributed by atoms with Gasteiger partial charge in [-0.25, -0.2) is 12.3 Å². The predicted octanol–water partition coefficient (Wildman–Crippen LogP) is 6.81. The first-order chi connectivity index (χ1) is 13.0. The Hall–Kier alpha value is -0.197. The summed E-state index contributed by atoms with van der Waals surface area (Å²) < 4.78 is 0. The van der Waals surface area contributed by atoms with Gasteiger partial charge in [0, 0.05) is 0 Å². The third kappa shape index (κ3) is 38.9. The van der Waals surface area contributed by atoms with Gasteiger partial charge in [0.25, 0.3) is 0 Å². The van der Waals surface area contributed by atoms with Gasteiger partial charge in [0.1, 0.15) is 0 Å². The second-order valence-electron chi connectivity index (χ2n) is 8.36. The number of nitrogens with zero attached hydrogens (tertiary/aromatic N) is 4. The Balaban J connectivity index is -0.000000109. The van der Waals surface area contributed by atoms with E-state index in [0.717, 1.165) is 12.8 Å². The summed E-state index contributed by atoms with van der Waals surface area (Å²) in [6.07, 6.45) is 7.53. The van der Waals surface area contributed by atoms with E-state index >= 15 is 0 Å². The maximum absolute atomic E-state index is 7.75. The van der Waals surface area contributed by atoms with Crippen LogP contribution in [0.3, 0.4) is 0 Å². The third-order valence-electron chi connectivity index (χ3n) is 3.30. The summed E-state index contributed by atoms with van der Waals surface area (Å²) in [5.41, 5.74) is 0.107. The quantitative estimate of drug-likeness (QED) is 0.188. The molecule has 0 heterocycles. The maximum atomic E-state index is 7.75. The number of carbonyl (C=O) groups excluding carboxylic acids is 2. The maximum Gasteiger partial charge on any atom is 6.00 e. The van der Waals surface area contributed by atoms with Crippen LogP contribution in [-0.4, -0.2) is 51.1 Å². The number of unbranched alkanes of at least 4 members (excludes halogenated alkanes) is 2. The smallest absolute Gasteiger partial charge is 0.681 e. The van der Waals surface area contributed by atoms with E-state index < -0.39 is 0 Å². The third-order valence-corrected chi connectivity index (χ3v) is 3.30. The van der Waals surface area contributed by atoms with Gasteiger partial charge in [0.2, 0.25) is 0 Å². The van der Waals surface area contributed by atoms with Crippen molar-refractivity contribution in [1.82, 2.24) is 0 Å². The zero-order valence-corrected chi connectivity index (χ0v) is 22.2. The Morgan fingerprint density at radius 1 is 0.655 bits per heavy atom. The summed E-state index contributed by atoms with van der Waals surface area (Å²) >= 11 is 0. The summed E-state index contributed by atoms with van der Waals surface area (Å²) in [5, 5.41) is 17.7. The minimum atomic E-state index is 0. The van der Waals surface area contributed by atoms with Crippen LogP contribution >= 0.6 is 0 Å². The van der Waals surface area contributed by atoms with Crippen molar-refractivity contribution >= 4 is 13.6 Å². The first-order valence-corrected chi connectivity index (χ1v) is 10.1. The number of hydrogen-bond donors (Lipinski definition) is 0. The van der Waals surface area contributed by atoms with E-state index in [-0.39, 0.29) is 42.9 Å². The predicted molar refractivity (Wildman–Crippen MR) is 125 cm³/mol. The molecule has 174 valence electrons. The van der Waals surface area contributed by atoms with E-state index in [1.807, 2.05) is 14.1 Å². The monoisotopic (exact) mass is 500 g/mol. The Morgan fingerprint density at radius 3 is 1.03 bits per heavy atom. The molecule has 0 fully saturated rings. The second kappa shape index (κ2) is 25.8. The Bertz CT molecular complexity index is 278. The minimum absolute atomic E-state index is 0. The molecule has 0 saturated heterocycles. The molecule has 29 heavy (non-hydrogen) atoms. The Labute approximate surface area is 195 Å². The van der Waals surface area contributed by atoms with Crippen LogP contribution in [0.4, 0.5) is 0 Å². The van der Waals surface area contributed by atoms with Crippen molar-refractivity contribution in [3.8, 4) is 0 Å². The van der Waals surface area contributed by atoms with Gasteiger partial charge in [0.15, 0.2) is 0 Å². The minimum Gasteiger partial charge on any atom is -0.681 e. The molecule has 0 aromatic rings. The largest absolute Gasteiger partial charge is 6.00 e. The van der Waals surface area contributed by atoms with Crippen molar-refractivity contribution in [2.24, 2.45) is 0 Å². The van der Waals surface area contributed by atoms with Crippen LogP contribution in [0.25, 0.3) is 21.3 Å². The van der Waals surface area contributed by atoms with Gasteiger partial charge < -0.3 is 30.9 Å². The molecule has 0 aliphatic carbocycles. The molecule has 0 rings (SSSR count). The first kappa shape index (κ1) is 39.3. The van der Waals surface area contributed by atoms with Gasteiger partial charge in [-0.2, -0.15) is 14.1 Å². The van der Waals surface area contributed by atoms with E-state index in [1.54, 1.807) is 0 Å². The molecule has 7 heteroatoms. The molecule has 0 N–H and O–H groups in total. The van der Waals surface area contributed by atoms with Gasteiger partial charge in [0.05, 0.1) is 0 Å². The molecule has 0 radical (unpaired) electrons. The molecular weight excluding hydrogens is 453 g/mol. The summed E-state index contributed by atoms with van der Waals surface area (Å²) in [6, 6.07) is 0. The molecule has 0 saturated carbocycles. The van der Waals surface area contributed by atoms with Crippen molar-refractivity contribution in [1.29, 1.82) is 0 Å². The molecule has 0 amide bonds. The van der Waals surface area contributed by atoms with Gasteiger partial charge in [-0.1, -0.05) is 93.9 Å². The fourth-order valence-electron chi connectivity index (χ4n) is 2.17. The summed E-state index contributed by atoms with van der Waals surface area (Å²) in [6.45, 7) is 23.6. The van der Waals surface area contributed by atoms with E-state index in [2.05, 4.69) is 90.2 Å². The molecule has 2 atom stereocenters. The first-order valence-electron chi connectivity index (χ1n) is 10.1. The average Bonchev–Trinajstić information content (AvgIpc) is 2.64. The van der Waals surface area contributed by atoms with Crippen molar-refractivity contribution in [2.45, 2.75) is 117 Å². The van der Waals surface area contributed by atoms with Crippen LogP contribution in [0.5, 0.6) is 0 Å². The second-order valence-corrected chi connectivity index (χ2v) is 8.36. The van der Waals surface area contributed by atoms with Crippen LogP contribution in [0.2, 0.25) is 0 Å². The van der Waals surface area contributed by atoms with Gasteiger partial charge in [-0.05, 0) is 0 Å². The zero-order valence-electron chi connectivity index (χ0n) is 20.5. The Morgan fingerprint density at radius 2 is 0.897 bits per heavy atom. The summed E-state index contributed by atoms with van der Waals surface area (Å²) in [5.74, 6) is 0. The standard InChI is InChI=1S/2C10H22N2.2CHO.Ru/c2*1-6-7-8-9(11-5)12-10(2,3)4;2*1-2;/h2*9H,6-8H2,1-5H3;2*1H;/q2*-2;2*-1;+6. The fraction of sp³-hybridized carbons (Fsp3) is 0.909. The molecule has 0 aliphatic heterocycles. The van der Waals surface area contributed by atoms with Crippen molar-refractivity contribution in [3.05, 3.63) is 21.3 Å². The molecule has 0 aromatic carbocycles. The van der Waals surface area contributed by atoms with Crippen molar-refractivity contribution in [3.63, 3.8) is 0 Å². The van der Waals surface area contributed by atoms with Crippen LogP contribution < -0.4 is 0 Å². The number of hydrogen-bond acceptors (Lipinski definition) is 2. The van der Waals surface area contributed by atoms with Crippen LogP contribution in [0.15, 0.2) is 0 Å². The molecule has 0 aliphatic rings. The van der Waals surface area contributed by atoms with Crippen LogP contribution in [-0.2, 0) is 29.1 Å². The average molecular weight is 500 g/mol. The molecule has 6 nitrogen and oxygen atoms in total. The van der Waals surface area contributed by atoms with E-state index in [4.69, 9.17) is 9.59 Å². The fourth-order valence-corrected chi connectivity index (χ4v) is 2.17. The summed E-state index contributed by atoms with van der Waals surface area (Å²) in [7, 11) is 3.71. The van der Waals surface area contributed by atoms with Crippen LogP contribution in [0.1, 0.15) is 93.9 Å². The van der Waals surface area contributed by atoms with Gasteiger partial charge in [-0.3, -0.25) is 13.6 Å². The zero-order chi connectivity index (χ0) is 23.2. The normalized spacial score (nSPS) is 12.5. The Kier molecular flexibility index (Phi) is 35.0. The SMILES string of the molecule is CCCCC([N-]C)[N-]C(C)(C)C.CCCCC([N-]C)[N-]C(C)(C)C.[CH-]=O.[CH-]=O.[Ru+6]. The molecule has 0 bridgehead atoms.